The van der Waals surface area contributed by atoms with E-state index in [0.717, 1.165) is 25.7 Å². The van der Waals surface area contributed by atoms with Crippen molar-refractivity contribution in [3.63, 3.8) is 0 Å². The smallest absolute Gasteiger partial charge is 0.220 e. The largest absolute Gasteiger partial charge is 0.356 e. The summed E-state index contributed by atoms with van der Waals surface area (Å²) >= 11 is 0. The van der Waals surface area contributed by atoms with E-state index in [1.165, 1.54) is 0 Å². The quantitative estimate of drug-likeness (QED) is 0.160. The zero-order chi connectivity index (χ0) is 22.7. The van der Waals surface area contributed by atoms with Gasteiger partial charge in [0.2, 0.25) is 17.7 Å². The van der Waals surface area contributed by atoms with Crippen LogP contribution < -0.4 is 33.2 Å². The van der Waals surface area contributed by atoms with Crippen LogP contribution in [0.4, 0.5) is 0 Å². The molecule has 30 heavy (non-hydrogen) atoms. The summed E-state index contributed by atoms with van der Waals surface area (Å²) in [5.74, 6) is 0.0213. The molecule has 9 N–H and O–H groups in total. The van der Waals surface area contributed by atoms with Crippen molar-refractivity contribution in [2.45, 2.75) is 71.1 Å². The summed E-state index contributed by atoms with van der Waals surface area (Å²) in [4.78, 5) is 36.1. The molecule has 0 rings (SSSR count). The first-order valence-electron chi connectivity index (χ1n) is 11.3. The van der Waals surface area contributed by atoms with E-state index in [4.69, 9.17) is 17.2 Å². The van der Waals surface area contributed by atoms with E-state index < -0.39 is 0 Å². The summed E-state index contributed by atoms with van der Waals surface area (Å²) in [5.41, 5.74) is 16.2. The van der Waals surface area contributed by atoms with Crippen molar-refractivity contribution in [3.05, 3.63) is 0 Å². The minimum Gasteiger partial charge on any atom is -0.356 e. The van der Waals surface area contributed by atoms with Gasteiger partial charge >= 0.3 is 0 Å². The molecule has 0 fully saturated rings. The Labute approximate surface area is 181 Å². The molecule has 0 atom stereocenters. The highest BCUT2D eigenvalue weighted by Crippen LogP contribution is 2.35. The molecule has 0 bridgehead atoms. The minimum atomic E-state index is -0.187. The number of hydrogen-bond acceptors (Lipinski definition) is 6. The fraction of sp³-hybridized carbons (Fsp3) is 0.857. The first-order chi connectivity index (χ1) is 14.4. The molecule has 0 aromatic heterocycles. The molecule has 0 aliphatic heterocycles. The Balaban J connectivity index is 4.55. The summed E-state index contributed by atoms with van der Waals surface area (Å²) in [5, 5.41) is 8.61. The van der Waals surface area contributed by atoms with Crippen molar-refractivity contribution in [3.8, 4) is 0 Å². The molecular weight excluding hydrogens is 384 g/mol. The number of nitrogens with one attached hydrogen (secondary N) is 3. The highest BCUT2D eigenvalue weighted by molar-refractivity contribution is 5.77. The van der Waals surface area contributed by atoms with Crippen LogP contribution in [0.25, 0.3) is 0 Å². The highest BCUT2D eigenvalue weighted by atomic mass is 16.2. The molecule has 0 heterocycles. The van der Waals surface area contributed by atoms with Gasteiger partial charge in [0.1, 0.15) is 0 Å². The van der Waals surface area contributed by atoms with E-state index in [1.807, 2.05) is 0 Å². The maximum Gasteiger partial charge on any atom is 0.220 e. The molecule has 176 valence electrons. The van der Waals surface area contributed by atoms with Crippen molar-refractivity contribution in [2.24, 2.45) is 22.6 Å². The lowest BCUT2D eigenvalue weighted by Gasteiger charge is -2.29. The Kier molecular flexibility index (Phi) is 17.1. The lowest BCUT2D eigenvalue weighted by molar-refractivity contribution is -0.123. The van der Waals surface area contributed by atoms with Gasteiger partial charge in [-0.3, -0.25) is 14.4 Å². The molecule has 9 heteroatoms. The SMILES string of the molecule is CC(CCCC(=O)NCCCN)(CCC(=O)NCCCN)CCC(=O)NCCCN. The molecule has 9 nitrogen and oxygen atoms in total. The molecule has 0 aromatic carbocycles. The molecule has 0 unspecified atom stereocenters. The lowest BCUT2D eigenvalue weighted by atomic mass is 9.76. The second-order valence-corrected chi connectivity index (χ2v) is 8.14. The van der Waals surface area contributed by atoms with Crippen molar-refractivity contribution in [1.29, 1.82) is 0 Å². The van der Waals surface area contributed by atoms with Crippen LogP contribution in [0.1, 0.15) is 71.1 Å². The van der Waals surface area contributed by atoms with Crippen LogP contribution >= 0.6 is 0 Å². The second kappa shape index (κ2) is 18.1. The zero-order valence-corrected chi connectivity index (χ0v) is 18.8. The predicted molar refractivity (Wildman–Crippen MR) is 120 cm³/mol. The topological polar surface area (TPSA) is 165 Å². The molecule has 0 aliphatic carbocycles. The Bertz CT molecular complexity index is 461. The van der Waals surface area contributed by atoms with Gasteiger partial charge in [0.05, 0.1) is 0 Å². The van der Waals surface area contributed by atoms with Gasteiger partial charge in [0, 0.05) is 38.9 Å². The fourth-order valence-corrected chi connectivity index (χ4v) is 3.14. The van der Waals surface area contributed by atoms with E-state index in [2.05, 4.69) is 22.9 Å². The summed E-state index contributed by atoms with van der Waals surface area (Å²) in [6.07, 6.45) is 6.36. The Morgan fingerprint density at radius 1 is 0.600 bits per heavy atom. The zero-order valence-electron chi connectivity index (χ0n) is 18.8. The van der Waals surface area contributed by atoms with Crippen molar-refractivity contribution < 1.29 is 14.4 Å². The van der Waals surface area contributed by atoms with E-state index in [-0.39, 0.29) is 23.1 Å². The molecule has 0 aromatic rings. The second-order valence-electron chi connectivity index (χ2n) is 8.14. The number of hydrogen-bond donors (Lipinski definition) is 6. The van der Waals surface area contributed by atoms with E-state index in [1.54, 1.807) is 0 Å². The van der Waals surface area contributed by atoms with Crippen LogP contribution in [-0.2, 0) is 14.4 Å². The Hall–Kier alpha value is -1.71. The predicted octanol–water partition coefficient (Wildman–Crippen LogP) is 0.118. The number of rotatable bonds is 19. The summed E-state index contributed by atoms with van der Waals surface area (Å²) < 4.78 is 0. The lowest BCUT2D eigenvalue weighted by Crippen LogP contribution is -2.30. The average Bonchev–Trinajstić information content (AvgIpc) is 2.71. The van der Waals surface area contributed by atoms with Gasteiger partial charge in [-0.2, -0.15) is 0 Å². The van der Waals surface area contributed by atoms with Crippen LogP contribution in [0.3, 0.4) is 0 Å². The third-order valence-electron chi connectivity index (χ3n) is 5.20. The Morgan fingerprint density at radius 3 is 1.33 bits per heavy atom. The summed E-state index contributed by atoms with van der Waals surface area (Å²) in [6, 6.07) is 0. The van der Waals surface area contributed by atoms with Crippen molar-refractivity contribution >= 4 is 17.7 Å². The highest BCUT2D eigenvalue weighted by Gasteiger charge is 2.26. The van der Waals surface area contributed by atoms with Gasteiger partial charge in [-0.05, 0) is 70.0 Å². The molecular formula is C21H44N6O3. The standard InChI is InChI=1S/C21H44N6O3/c1-21(10-7-19(29)26-16-4-13-23,11-8-20(30)27-17-5-14-24)9-2-6-18(28)25-15-3-12-22/h2-17,22-24H2,1H3,(H,25,28)(H,26,29)(H,27,30). The first kappa shape index (κ1) is 28.3. The fourth-order valence-electron chi connectivity index (χ4n) is 3.14. The van der Waals surface area contributed by atoms with Gasteiger partial charge in [-0.15, -0.1) is 0 Å². The number of nitrogens with two attached hydrogens (primary N) is 3. The van der Waals surface area contributed by atoms with E-state index in [9.17, 15) is 14.4 Å². The molecule has 0 aliphatic rings. The van der Waals surface area contributed by atoms with Crippen LogP contribution in [-0.4, -0.2) is 57.0 Å². The maximum absolute atomic E-state index is 12.1. The summed E-state index contributed by atoms with van der Waals surface area (Å²) in [6.45, 7) is 5.50. The third-order valence-corrected chi connectivity index (χ3v) is 5.20. The van der Waals surface area contributed by atoms with Gasteiger partial charge in [0.25, 0.3) is 0 Å². The van der Waals surface area contributed by atoms with Crippen molar-refractivity contribution in [2.75, 3.05) is 39.3 Å². The van der Waals surface area contributed by atoms with E-state index in [0.29, 0.717) is 77.8 Å². The van der Waals surface area contributed by atoms with E-state index >= 15 is 0 Å². The van der Waals surface area contributed by atoms with Gasteiger partial charge in [0.15, 0.2) is 0 Å². The van der Waals surface area contributed by atoms with Gasteiger partial charge in [-0.1, -0.05) is 6.92 Å². The first-order valence-corrected chi connectivity index (χ1v) is 11.3. The average molecular weight is 429 g/mol. The van der Waals surface area contributed by atoms with Gasteiger partial charge < -0.3 is 33.2 Å². The number of carbonyl (C=O) groups is 3. The molecule has 0 radical (unpaired) electrons. The Morgan fingerprint density at radius 2 is 0.967 bits per heavy atom. The number of amides is 3. The van der Waals surface area contributed by atoms with Crippen LogP contribution in [0.15, 0.2) is 0 Å². The van der Waals surface area contributed by atoms with Crippen LogP contribution in [0.5, 0.6) is 0 Å². The molecule has 0 saturated heterocycles. The summed E-state index contributed by atoms with van der Waals surface area (Å²) in [7, 11) is 0. The molecule has 3 amide bonds. The molecule has 0 saturated carbocycles. The molecule has 0 spiro atoms. The third kappa shape index (κ3) is 16.1. The normalized spacial score (nSPS) is 11.2. The van der Waals surface area contributed by atoms with Crippen LogP contribution in [0, 0.1) is 5.41 Å². The monoisotopic (exact) mass is 428 g/mol. The maximum atomic E-state index is 12.1. The minimum absolute atomic E-state index is 0.00148. The van der Waals surface area contributed by atoms with Gasteiger partial charge in [-0.25, -0.2) is 0 Å². The van der Waals surface area contributed by atoms with Crippen molar-refractivity contribution in [1.82, 2.24) is 16.0 Å². The number of carbonyl (C=O) groups excluding carboxylic acids is 3. The van der Waals surface area contributed by atoms with Crippen LogP contribution in [0.2, 0.25) is 0 Å².